The van der Waals surface area contributed by atoms with Crippen LogP contribution in [0.1, 0.15) is 64.8 Å². The first-order valence-electron chi connectivity index (χ1n) is 8.74. The lowest BCUT2D eigenvalue weighted by molar-refractivity contribution is 0.0694. The molecule has 2 rings (SSSR count). The van der Waals surface area contributed by atoms with Gasteiger partial charge in [0.15, 0.2) is 0 Å². The number of hydrogen-bond donors (Lipinski definition) is 2. The lowest BCUT2D eigenvalue weighted by Gasteiger charge is -2.21. The number of aromatic nitrogens is 1. The molecular formula is C21H30N2O2. The van der Waals surface area contributed by atoms with Gasteiger partial charge in [-0.3, -0.25) is 0 Å². The van der Waals surface area contributed by atoms with Crippen LogP contribution in [-0.4, -0.2) is 21.2 Å². The maximum Gasteiger partial charge on any atom is 0.337 e. The smallest absolute Gasteiger partial charge is 0.337 e. The molecule has 0 radical (unpaired) electrons. The number of carboxylic acid groups (broad SMARTS) is 1. The average molecular weight is 342 g/mol. The molecule has 136 valence electrons. The van der Waals surface area contributed by atoms with Crippen LogP contribution in [0.3, 0.4) is 0 Å². The molecule has 0 saturated heterocycles. The van der Waals surface area contributed by atoms with Crippen molar-refractivity contribution in [3.05, 3.63) is 57.4 Å². The third kappa shape index (κ3) is 4.31. The van der Waals surface area contributed by atoms with Crippen molar-refractivity contribution >= 4 is 5.97 Å². The first kappa shape index (κ1) is 19.3. The van der Waals surface area contributed by atoms with Gasteiger partial charge < -0.3 is 15.0 Å². The highest BCUT2D eigenvalue weighted by molar-refractivity contribution is 5.91. The number of nitrogens with zero attached hydrogens (tertiary/aromatic N) is 1. The van der Waals surface area contributed by atoms with E-state index < -0.39 is 5.97 Å². The van der Waals surface area contributed by atoms with Gasteiger partial charge in [-0.05, 0) is 59.6 Å². The summed E-state index contributed by atoms with van der Waals surface area (Å²) in [6.45, 7) is 15.6. The van der Waals surface area contributed by atoms with Gasteiger partial charge in [-0.25, -0.2) is 4.79 Å². The SMILES string of the molecule is Cc1ccc(C)c(Cn2c(C)c(CNC(C)(C)C)c(C(=O)O)c2C)c1. The molecule has 4 heteroatoms. The summed E-state index contributed by atoms with van der Waals surface area (Å²) >= 11 is 0. The largest absolute Gasteiger partial charge is 0.478 e. The summed E-state index contributed by atoms with van der Waals surface area (Å²) in [6, 6.07) is 6.41. The third-order valence-electron chi connectivity index (χ3n) is 4.75. The average Bonchev–Trinajstić information content (AvgIpc) is 2.72. The number of benzene rings is 1. The van der Waals surface area contributed by atoms with Crippen molar-refractivity contribution in [2.24, 2.45) is 0 Å². The van der Waals surface area contributed by atoms with E-state index in [0.29, 0.717) is 18.7 Å². The van der Waals surface area contributed by atoms with Gasteiger partial charge in [0.2, 0.25) is 0 Å². The van der Waals surface area contributed by atoms with Crippen molar-refractivity contribution in [2.75, 3.05) is 0 Å². The Balaban J connectivity index is 2.48. The molecule has 2 aromatic rings. The van der Waals surface area contributed by atoms with Crippen molar-refractivity contribution in [3.63, 3.8) is 0 Å². The maximum atomic E-state index is 11.9. The summed E-state index contributed by atoms with van der Waals surface area (Å²) in [7, 11) is 0. The van der Waals surface area contributed by atoms with E-state index in [1.54, 1.807) is 0 Å². The predicted octanol–water partition coefficient (Wildman–Crippen LogP) is 4.36. The van der Waals surface area contributed by atoms with Gasteiger partial charge in [-0.15, -0.1) is 0 Å². The number of carbonyl (C=O) groups is 1. The van der Waals surface area contributed by atoms with Gasteiger partial charge in [-0.1, -0.05) is 23.8 Å². The molecule has 0 fully saturated rings. The Hall–Kier alpha value is -2.07. The van der Waals surface area contributed by atoms with Crippen LogP contribution in [0, 0.1) is 27.7 Å². The Kier molecular flexibility index (Phi) is 5.43. The van der Waals surface area contributed by atoms with E-state index in [2.05, 4.69) is 62.7 Å². The normalized spacial score (nSPS) is 11.8. The molecule has 0 saturated carbocycles. The monoisotopic (exact) mass is 342 g/mol. The molecule has 0 aliphatic carbocycles. The van der Waals surface area contributed by atoms with Gasteiger partial charge in [0.25, 0.3) is 0 Å². The van der Waals surface area contributed by atoms with Gasteiger partial charge in [0, 0.05) is 35.6 Å². The Morgan fingerprint density at radius 3 is 2.32 bits per heavy atom. The molecule has 0 aliphatic heterocycles. The number of aryl methyl sites for hydroxylation is 2. The van der Waals surface area contributed by atoms with Gasteiger partial charge in [-0.2, -0.15) is 0 Å². The lowest BCUT2D eigenvalue weighted by atomic mass is 10.1. The Labute approximate surface area is 150 Å². The zero-order valence-electron chi connectivity index (χ0n) is 16.4. The van der Waals surface area contributed by atoms with Crippen LogP contribution in [-0.2, 0) is 13.1 Å². The van der Waals surface area contributed by atoms with Gasteiger partial charge in [0.05, 0.1) is 5.56 Å². The molecular weight excluding hydrogens is 312 g/mol. The second-order valence-corrected chi connectivity index (χ2v) is 7.95. The van der Waals surface area contributed by atoms with E-state index in [-0.39, 0.29) is 5.54 Å². The summed E-state index contributed by atoms with van der Waals surface area (Å²) in [5, 5.41) is 13.2. The summed E-state index contributed by atoms with van der Waals surface area (Å²) in [5.41, 5.74) is 6.76. The van der Waals surface area contributed by atoms with Crippen molar-refractivity contribution < 1.29 is 9.90 Å². The Morgan fingerprint density at radius 2 is 1.76 bits per heavy atom. The topological polar surface area (TPSA) is 54.3 Å². The van der Waals surface area contributed by atoms with Crippen LogP contribution >= 0.6 is 0 Å². The molecule has 0 aliphatic rings. The molecule has 4 nitrogen and oxygen atoms in total. The fourth-order valence-electron chi connectivity index (χ4n) is 3.18. The molecule has 1 heterocycles. The highest BCUT2D eigenvalue weighted by Crippen LogP contribution is 2.25. The fourth-order valence-corrected chi connectivity index (χ4v) is 3.18. The number of rotatable bonds is 5. The molecule has 0 amide bonds. The van der Waals surface area contributed by atoms with E-state index in [1.165, 1.54) is 16.7 Å². The molecule has 1 aromatic heterocycles. The molecule has 0 spiro atoms. The zero-order valence-corrected chi connectivity index (χ0v) is 16.4. The van der Waals surface area contributed by atoms with Crippen LogP contribution in [0.15, 0.2) is 18.2 Å². The van der Waals surface area contributed by atoms with E-state index in [0.717, 1.165) is 17.0 Å². The highest BCUT2D eigenvalue weighted by atomic mass is 16.4. The standard InChI is InChI=1S/C21H30N2O2/c1-13-8-9-14(2)17(10-13)12-23-15(3)18(11-22-21(5,6)7)19(16(23)4)20(24)25/h8-10,22H,11-12H2,1-7H3,(H,24,25). The summed E-state index contributed by atoms with van der Waals surface area (Å²) in [6.07, 6.45) is 0. The second kappa shape index (κ2) is 7.04. The molecule has 1 aromatic carbocycles. The number of hydrogen-bond acceptors (Lipinski definition) is 2. The van der Waals surface area contributed by atoms with E-state index in [1.807, 2.05) is 13.8 Å². The zero-order chi connectivity index (χ0) is 18.9. The minimum atomic E-state index is -0.856. The van der Waals surface area contributed by atoms with Crippen LogP contribution in [0.2, 0.25) is 0 Å². The Bertz CT molecular complexity index is 795. The summed E-state index contributed by atoms with van der Waals surface area (Å²) < 4.78 is 2.13. The van der Waals surface area contributed by atoms with Crippen molar-refractivity contribution in [1.82, 2.24) is 9.88 Å². The summed E-state index contributed by atoms with van der Waals surface area (Å²) in [4.78, 5) is 11.9. The minimum Gasteiger partial charge on any atom is -0.478 e. The van der Waals surface area contributed by atoms with Crippen LogP contribution in [0.25, 0.3) is 0 Å². The maximum absolute atomic E-state index is 11.9. The minimum absolute atomic E-state index is 0.0641. The van der Waals surface area contributed by atoms with Crippen molar-refractivity contribution in [3.8, 4) is 0 Å². The van der Waals surface area contributed by atoms with E-state index in [4.69, 9.17) is 0 Å². The number of nitrogens with one attached hydrogen (secondary N) is 1. The molecule has 2 N–H and O–H groups in total. The molecule has 25 heavy (non-hydrogen) atoms. The summed E-state index contributed by atoms with van der Waals surface area (Å²) in [5.74, 6) is -0.856. The quantitative estimate of drug-likeness (QED) is 0.849. The van der Waals surface area contributed by atoms with Gasteiger partial charge >= 0.3 is 5.97 Å². The first-order chi connectivity index (χ1) is 11.5. The molecule has 0 unspecified atom stereocenters. The van der Waals surface area contributed by atoms with Gasteiger partial charge in [0.1, 0.15) is 0 Å². The third-order valence-corrected chi connectivity index (χ3v) is 4.75. The number of carboxylic acids is 1. The molecule has 0 bridgehead atoms. The highest BCUT2D eigenvalue weighted by Gasteiger charge is 2.23. The Morgan fingerprint density at radius 1 is 1.12 bits per heavy atom. The van der Waals surface area contributed by atoms with Crippen molar-refractivity contribution in [1.29, 1.82) is 0 Å². The van der Waals surface area contributed by atoms with Crippen molar-refractivity contribution in [2.45, 2.75) is 67.1 Å². The fraction of sp³-hybridized carbons (Fsp3) is 0.476. The van der Waals surface area contributed by atoms with Crippen LogP contribution in [0.4, 0.5) is 0 Å². The molecule has 0 atom stereocenters. The van der Waals surface area contributed by atoms with Crippen LogP contribution in [0.5, 0.6) is 0 Å². The van der Waals surface area contributed by atoms with Crippen LogP contribution < -0.4 is 5.32 Å². The predicted molar refractivity (Wildman–Crippen MR) is 102 cm³/mol. The number of aromatic carboxylic acids is 1. The second-order valence-electron chi connectivity index (χ2n) is 7.95. The first-order valence-corrected chi connectivity index (χ1v) is 8.74. The van der Waals surface area contributed by atoms with E-state index >= 15 is 0 Å². The van der Waals surface area contributed by atoms with E-state index in [9.17, 15) is 9.90 Å². The lowest BCUT2D eigenvalue weighted by Crippen LogP contribution is -2.35.